The molecule has 1 aromatic heterocycles. The summed E-state index contributed by atoms with van der Waals surface area (Å²) in [4.78, 5) is 5.37. The maximum atomic E-state index is 5.37. The van der Waals surface area contributed by atoms with E-state index in [1.54, 1.807) is 0 Å². The second kappa shape index (κ2) is 7.59. The van der Waals surface area contributed by atoms with E-state index in [4.69, 9.17) is 4.98 Å². The van der Waals surface area contributed by atoms with Gasteiger partial charge in [0.2, 0.25) is 0 Å². The molecule has 0 unspecified atom stereocenters. The lowest BCUT2D eigenvalue weighted by molar-refractivity contribution is 0.439. The van der Waals surface area contributed by atoms with Gasteiger partial charge >= 0.3 is 0 Å². The molecule has 0 saturated heterocycles. The van der Waals surface area contributed by atoms with Crippen molar-refractivity contribution in [2.75, 3.05) is 0 Å². The van der Waals surface area contributed by atoms with Gasteiger partial charge in [0.1, 0.15) is 0 Å². The molecule has 0 N–H and O–H groups in total. The summed E-state index contributed by atoms with van der Waals surface area (Å²) in [5, 5.41) is 2.65. The van der Waals surface area contributed by atoms with Crippen LogP contribution in [0.5, 0.6) is 0 Å². The van der Waals surface area contributed by atoms with Gasteiger partial charge in [0.05, 0.1) is 11.4 Å². The highest BCUT2D eigenvalue weighted by Gasteiger charge is 2.23. The van der Waals surface area contributed by atoms with Crippen molar-refractivity contribution in [2.45, 2.75) is 38.0 Å². The van der Waals surface area contributed by atoms with Gasteiger partial charge in [0, 0.05) is 22.4 Å². The lowest BCUT2D eigenvalue weighted by Crippen LogP contribution is -2.09. The summed E-state index contributed by atoms with van der Waals surface area (Å²) < 4.78 is 0. The summed E-state index contributed by atoms with van der Waals surface area (Å²) in [5.74, 6) is 0.575. The Morgan fingerprint density at radius 2 is 1.14 bits per heavy atom. The Hall–Kier alpha value is -2.93. The SMILES string of the molecule is c1ccc(-c2nc(C3CCCCC3)c3ccccc3c2-c2ccccc2)cc1. The molecule has 1 fully saturated rings. The minimum Gasteiger partial charge on any atom is -0.251 e. The zero-order chi connectivity index (χ0) is 18.8. The average Bonchev–Trinajstić information content (AvgIpc) is 2.80. The van der Waals surface area contributed by atoms with E-state index in [-0.39, 0.29) is 0 Å². The summed E-state index contributed by atoms with van der Waals surface area (Å²) in [6, 6.07) is 30.3. The summed E-state index contributed by atoms with van der Waals surface area (Å²) in [6.07, 6.45) is 6.53. The molecule has 5 rings (SSSR count). The first-order valence-corrected chi connectivity index (χ1v) is 10.5. The van der Waals surface area contributed by atoms with Crippen LogP contribution in [0.1, 0.15) is 43.7 Å². The van der Waals surface area contributed by atoms with Crippen molar-refractivity contribution in [3.8, 4) is 22.4 Å². The number of nitrogens with zero attached hydrogens (tertiary/aromatic N) is 1. The Labute approximate surface area is 167 Å². The van der Waals surface area contributed by atoms with Crippen molar-refractivity contribution in [1.29, 1.82) is 0 Å². The third-order valence-electron chi connectivity index (χ3n) is 6.04. The average molecular weight is 364 g/mol. The molecule has 138 valence electrons. The van der Waals surface area contributed by atoms with Gasteiger partial charge in [-0.05, 0) is 23.8 Å². The number of rotatable bonds is 3. The summed E-state index contributed by atoms with van der Waals surface area (Å²) in [7, 11) is 0. The van der Waals surface area contributed by atoms with E-state index >= 15 is 0 Å². The van der Waals surface area contributed by atoms with Crippen molar-refractivity contribution >= 4 is 10.8 Å². The van der Waals surface area contributed by atoms with Crippen molar-refractivity contribution in [2.24, 2.45) is 0 Å². The van der Waals surface area contributed by atoms with Crippen LogP contribution in [0.25, 0.3) is 33.2 Å². The van der Waals surface area contributed by atoms with E-state index < -0.39 is 0 Å². The lowest BCUT2D eigenvalue weighted by Gasteiger charge is -2.25. The quantitative estimate of drug-likeness (QED) is 0.365. The molecule has 1 aliphatic rings. The van der Waals surface area contributed by atoms with Crippen molar-refractivity contribution < 1.29 is 0 Å². The largest absolute Gasteiger partial charge is 0.251 e. The maximum Gasteiger partial charge on any atom is 0.0790 e. The third-order valence-corrected chi connectivity index (χ3v) is 6.04. The Bertz CT molecular complexity index is 1080. The number of aromatic nitrogens is 1. The van der Waals surface area contributed by atoms with Crippen LogP contribution in [0.4, 0.5) is 0 Å². The minimum absolute atomic E-state index is 0.575. The van der Waals surface area contributed by atoms with E-state index in [1.165, 1.54) is 65.3 Å². The van der Waals surface area contributed by atoms with Gasteiger partial charge in [-0.1, -0.05) is 104 Å². The summed E-state index contributed by atoms with van der Waals surface area (Å²) >= 11 is 0. The van der Waals surface area contributed by atoms with E-state index in [0.717, 1.165) is 5.69 Å². The molecule has 1 aliphatic carbocycles. The van der Waals surface area contributed by atoms with E-state index in [1.807, 2.05) is 0 Å². The molecule has 0 amide bonds. The van der Waals surface area contributed by atoms with Crippen LogP contribution >= 0.6 is 0 Å². The molecule has 0 bridgehead atoms. The van der Waals surface area contributed by atoms with Gasteiger partial charge in [-0.25, -0.2) is 0 Å². The number of benzene rings is 3. The van der Waals surface area contributed by atoms with Gasteiger partial charge < -0.3 is 0 Å². The Morgan fingerprint density at radius 1 is 0.571 bits per heavy atom. The number of hydrogen-bond donors (Lipinski definition) is 0. The van der Waals surface area contributed by atoms with Crippen molar-refractivity contribution in [1.82, 2.24) is 4.98 Å². The van der Waals surface area contributed by atoms with Gasteiger partial charge in [0.15, 0.2) is 0 Å². The molecule has 1 heterocycles. The predicted octanol–water partition coefficient (Wildman–Crippen LogP) is 7.62. The summed E-state index contributed by atoms with van der Waals surface area (Å²) in [6.45, 7) is 0. The van der Waals surface area contributed by atoms with Crippen LogP contribution in [-0.4, -0.2) is 4.98 Å². The molecule has 0 spiro atoms. The molecule has 0 aliphatic heterocycles. The van der Waals surface area contributed by atoms with E-state index in [2.05, 4.69) is 84.9 Å². The van der Waals surface area contributed by atoms with Crippen LogP contribution < -0.4 is 0 Å². The fourth-order valence-corrected chi connectivity index (χ4v) is 4.68. The third kappa shape index (κ3) is 3.11. The smallest absolute Gasteiger partial charge is 0.0790 e. The van der Waals surface area contributed by atoms with Crippen LogP contribution in [0.15, 0.2) is 84.9 Å². The topological polar surface area (TPSA) is 12.9 Å². The monoisotopic (exact) mass is 363 g/mol. The normalized spacial score (nSPS) is 15.0. The minimum atomic E-state index is 0.575. The molecule has 1 heteroatoms. The van der Waals surface area contributed by atoms with Crippen LogP contribution in [0, 0.1) is 0 Å². The highest BCUT2D eigenvalue weighted by Crippen LogP contribution is 2.42. The Morgan fingerprint density at radius 3 is 1.82 bits per heavy atom. The maximum absolute atomic E-state index is 5.37. The Kier molecular flexibility index (Phi) is 4.66. The molecular weight excluding hydrogens is 338 g/mol. The number of fused-ring (bicyclic) bond motifs is 1. The first-order chi connectivity index (χ1) is 13.9. The molecule has 4 aromatic rings. The number of hydrogen-bond acceptors (Lipinski definition) is 1. The van der Waals surface area contributed by atoms with E-state index in [9.17, 15) is 0 Å². The molecule has 0 atom stereocenters. The predicted molar refractivity (Wildman–Crippen MR) is 118 cm³/mol. The first kappa shape index (κ1) is 17.2. The highest BCUT2D eigenvalue weighted by molar-refractivity contribution is 6.03. The zero-order valence-corrected chi connectivity index (χ0v) is 16.1. The molecule has 0 radical (unpaired) electrons. The number of pyridine rings is 1. The molecular formula is C27H25N. The first-order valence-electron chi connectivity index (χ1n) is 10.5. The van der Waals surface area contributed by atoms with Gasteiger partial charge in [0.25, 0.3) is 0 Å². The zero-order valence-electron chi connectivity index (χ0n) is 16.1. The van der Waals surface area contributed by atoms with Crippen LogP contribution in [0.2, 0.25) is 0 Å². The van der Waals surface area contributed by atoms with Crippen molar-refractivity contribution in [3.63, 3.8) is 0 Å². The molecule has 1 nitrogen and oxygen atoms in total. The molecule has 3 aromatic carbocycles. The second-order valence-electron chi connectivity index (χ2n) is 7.83. The Balaban J connectivity index is 1.84. The second-order valence-corrected chi connectivity index (χ2v) is 7.83. The van der Waals surface area contributed by atoms with Crippen LogP contribution in [0.3, 0.4) is 0 Å². The fourth-order valence-electron chi connectivity index (χ4n) is 4.68. The van der Waals surface area contributed by atoms with Gasteiger partial charge in [-0.3, -0.25) is 4.98 Å². The molecule has 1 saturated carbocycles. The standard InChI is InChI=1S/C27H25N/c1-4-12-20(13-5-1)25-23-18-10-11-19-24(23)26(21-14-6-2-7-15-21)28-27(25)22-16-8-3-9-17-22/h1,3-5,8-13,16-19,21H,2,6-7,14-15H2. The van der Waals surface area contributed by atoms with Gasteiger partial charge in [-0.15, -0.1) is 0 Å². The summed E-state index contributed by atoms with van der Waals surface area (Å²) in [5.41, 5.74) is 6.10. The molecule has 28 heavy (non-hydrogen) atoms. The van der Waals surface area contributed by atoms with E-state index in [0.29, 0.717) is 5.92 Å². The fraction of sp³-hybridized carbons (Fsp3) is 0.222. The van der Waals surface area contributed by atoms with Crippen molar-refractivity contribution in [3.05, 3.63) is 90.6 Å². The van der Waals surface area contributed by atoms with Gasteiger partial charge in [-0.2, -0.15) is 0 Å². The lowest BCUT2D eigenvalue weighted by atomic mass is 9.83. The highest BCUT2D eigenvalue weighted by atomic mass is 14.7. The van der Waals surface area contributed by atoms with Crippen LogP contribution in [-0.2, 0) is 0 Å².